The van der Waals surface area contributed by atoms with E-state index in [1.54, 1.807) is 6.07 Å². The van der Waals surface area contributed by atoms with Gasteiger partial charge in [0, 0.05) is 18.8 Å². The van der Waals surface area contributed by atoms with Gasteiger partial charge in [-0.25, -0.2) is 0 Å². The van der Waals surface area contributed by atoms with Crippen molar-refractivity contribution >= 4 is 17.1 Å². The Bertz CT molecular complexity index is 333. The lowest BCUT2D eigenvalue weighted by Gasteiger charge is -2.10. The van der Waals surface area contributed by atoms with E-state index >= 15 is 0 Å². The molecule has 4 heteroatoms. The van der Waals surface area contributed by atoms with Crippen LogP contribution in [0.1, 0.15) is 5.56 Å². The largest absolute Gasteiger partial charge is 0.399 e. The molecule has 1 aromatic rings. The zero-order chi connectivity index (χ0) is 10.6. The van der Waals surface area contributed by atoms with Crippen molar-refractivity contribution in [3.05, 3.63) is 30.3 Å². The van der Waals surface area contributed by atoms with Crippen LogP contribution in [-0.2, 0) is 0 Å². The molecule has 0 aromatic heterocycles. The van der Waals surface area contributed by atoms with Crippen LogP contribution in [0.2, 0.25) is 0 Å². The Kier molecular flexibility index (Phi) is 3.36. The Morgan fingerprint density at radius 2 is 2.14 bits per heavy atom. The summed E-state index contributed by atoms with van der Waals surface area (Å²) in [6.45, 7) is 4.91. The minimum absolute atomic E-state index is 0.529. The Balaban J connectivity index is 2.90. The molecule has 1 rings (SSSR count). The molecule has 0 aliphatic heterocycles. The maximum atomic E-state index is 5.76. The molecule has 0 bridgehead atoms. The number of rotatable bonds is 4. The molecule has 4 nitrogen and oxygen atoms in total. The average molecular weight is 192 g/mol. The standard InChI is InChI=1S/C10H16N4/c1-7(12)8-2-3-9(13)10(6-8)14-5-4-11/h2-3,6,14H,1,4-5,11-13H2. The molecule has 76 valence electrons. The highest BCUT2D eigenvalue weighted by molar-refractivity contribution is 5.73. The van der Waals surface area contributed by atoms with E-state index in [1.807, 2.05) is 12.1 Å². The van der Waals surface area contributed by atoms with Crippen molar-refractivity contribution in [2.75, 3.05) is 24.1 Å². The fourth-order valence-corrected chi connectivity index (χ4v) is 1.12. The fraction of sp³-hybridized carbons (Fsp3) is 0.200. The molecular weight excluding hydrogens is 176 g/mol. The highest BCUT2D eigenvalue weighted by Gasteiger charge is 2.00. The maximum absolute atomic E-state index is 5.76. The van der Waals surface area contributed by atoms with E-state index in [1.165, 1.54) is 0 Å². The van der Waals surface area contributed by atoms with E-state index in [-0.39, 0.29) is 0 Å². The van der Waals surface area contributed by atoms with Crippen LogP contribution < -0.4 is 22.5 Å². The number of anilines is 2. The summed E-state index contributed by atoms with van der Waals surface area (Å²) in [6.07, 6.45) is 0. The lowest BCUT2D eigenvalue weighted by atomic mass is 10.1. The third kappa shape index (κ3) is 2.40. The summed E-state index contributed by atoms with van der Waals surface area (Å²) < 4.78 is 0. The number of hydrogen-bond donors (Lipinski definition) is 4. The first-order valence-electron chi connectivity index (χ1n) is 4.43. The van der Waals surface area contributed by atoms with Gasteiger partial charge in [0.15, 0.2) is 0 Å². The van der Waals surface area contributed by atoms with Gasteiger partial charge in [-0.2, -0.15) is 0 Å². The molecule has 0 saturated heterocycles. The highest BCUT2D eigenvalue weighted by Crippen LogP contribution is 2.21. The second-order valence-corrected chi connectivity index (χ2v) is 3.04. The van der Waals surface area contributed by atoms with Gasteiger partial charge >= 0.3 is 0 Å². The SMILES string of the molecule is C=C(N)c1ccc(N)c(NCCN)c1. The fourth-order valence-electron chi connectivity index (χ4n) is 1.12. The van der Waals surface area contributed by atoms with E-state index in [0.29, 0.717) is 24.5 Å². The van der Waals surface area contributed by atoms with Crippen molar-refractivity contribution in [2.24, 2.45) is 11.5 Å². The number of nitrogens with one attached hydrogen (secondary N) is 1. The van der Waals surface area contributed by atoms with Gasteiger partial charge in [-0.15, -0.1) is 0 Å². The third-order valence-corrected chi connectivity index (χ3v) is 1.88. The van der Waals surface area contributed by atoms with Gasteiger partial charge in [0.05, 0.1) is 11.4 Å². The molecule has 7 N–H and O–H groups in total. The van der Waals surface area contributed by atoms with Crippen molar-refractivity contribution in [1.29, 1.82) is 0 Å². The monoisotopic (exact) mass is 192 g/mol. The van der Waals surface area contributed by atoms with E-state index in [0.717, 1.165) is 11.3 Å². The van der Waals surface area contributed by atoms with Crippen LogP contribution in [0.3, 0.4) is 0 Å². The summed E-state index contributed by atoms with van der Waals surface area (Å²) in [7, 11) is 0. The van der Waals surface area contributed by atoms with E-state index in [4.69, 9.17) is 17.2 Å². The normalized spacial score (nSPS) is 9.79. The van der Waals surface area contributed by atoms with Gasteiger partial charge in [0.25, 0.3) is 0 Å². The minimum atomic E-state index is 0.529. The quantitative estimate of drug-likeness (QED) is 0.525. The summed E-state index contributed by atoms with van der Waals surface area (Å²) in [4.78, 5) is 0. The minimum Gasteiger partial charge on any atom is -0.399 e. The van der Waals surface area contributed by atoms with Crippen LogP contribution in [-0.4, -0.2) is 13.1 Å². The Labute approximate surface area is 83.8 Å². The third-order valence-electron chi connectivity index (χ3n) is 1.88. The lowest BCUT2D eigenvalue weighted by Crippen LogP contribution is -2.14. The van der Waals surface area contributed by atoms with Crippen LogP contribution in [0.15, 0.2) is 24.8 Å². The Morgan fingerprint density at radius 3 is 2.71 bits per heavy atom. The van der Waals surface area contributed by atoms with Crippen LogP contribution in [0.5, 0.6) is 0 Å². The zero-order valence-corrected chi connectivity index (χ0v) is 8.09. The van der Waals surface area contributed by atoms with Crippen LogP contribution in [0.25, 0.3) is 5.70 Å². The van der Waals surface area contributed by atoms with Gasteiger partial charge in [-0.3, -0.25) is 0 Å². The second-order valence-electron chi connectivity index (χ2n) is 3.04. The van der Waals surface area contributed by atoms with Crippen molar-refractivity contribution < 1.29 is 0 Å². The summed E-state index contributed by atoms with van der Waals surface area (Å²) >= 11 is 0. The predicted octanol–water partition coefficient (Wildman–Crippen LogP) is 0.569. The first-order chi connectivity index (χ1) is 6.65. The number of benzene rings is 1. The molecule has 0 fully saturated rings. The van der Waals surface area contributed by atoms with E-state index in [2.05, 4.69) is 11.9 Å². The van der Waals surface area contributed by atoms with Crippen LogP contribution in [0.4, 0.5) is 11.4 Å². The molecule has 0 unspecified atom stereocenters. The van der Waals surface area contributed by atoms with Crippen molar-refractivity contribution in [2.45, 2.75) is 0 Å². The maximum Gasteiger partial charge on any atom is 0.0581 e. The Hall–Kier alpha value is -1.68. The van der Waals surface area contributed by atoms with E-state index < -0.39 is 0 Å². The van der Waals surface area contributed by atoms with Crippen molar-refractivity contribution in [3.8, 4) is 0 Å². The highest BCUT2D eigenvalue weighted by atomic mass is 14.9. The molecule has 0 spiro atoms. The topological polar surface area (TPSA) is 90.1 Å². The average Bonchev–Trinajstić information content (AvgIpc) is 2.16. The molecule has 0 amide bonds. The molecule has 0 heterocycles. The first-order valence-corrected chi connectivity index (χ1v) is 4.43. The van der Waals surface area contributed by atoms with Gasteiger partial charge in [0.2, 0.25) is 0 Å². The molecule has 1 aromatic carbocycles. The van der Waals surface area contributed by atoms with Gasteiger partial charge in [-0.05, 0) is 17.7 Å². The zero-order valence-electron chi connectivity index (χ0n) is 8.09. The number of nitrogens with two attached hydrogens (primary N) is 3. The summed E-state index contributed by atoms with van der Waals surface area (Å²) in [5, 5.41) is 3.11. The molecule has 0 radical (unpaired) electrons. The molecular formula is C10H16N4. The number of hydrogen-bond acceptors (Lipinski definition) is 4. The second kappa shape index (κ2) is 4.53. The lowest BCUT2D eigenvalue weighted by molar-refractivity contribution is 1.02. The first kappa shape index (κ1) is 10.4. The molecule has 0 saturated carbocycles. The van der Waals surface area contributed by atoms with E-state index in [9.17, 15) is 0 Å². The number of nitrogen functional groups attached to an aromatic ring is 1. The van der Waals surface area contributed by atoms with Gasteiger partial charge in [-0.1, -0.05) is 12.6 Å². The van der Waals surface area contributed by atoms with Crippen molar-refractivity contribution in [1.82, 2.24) is 0 Å². The molecule has 14 heavy (non-hydrogen) atoms. The van der Waals surface area contributed by atoms with Crippen LogP contribution >= 0.6 is 0 Å². The molecule has 0 atom stereocenters. The Morgan fingerprint density at radius 1 is 1.43 bits per heavy atom. The summed E-state index contributed by atoms with van der Waals surface area (Å²) in [5.41, 5.74) is 19.6. The van der Waals surface area contributed by atoms with Crippen molar-refractivity contribution in [3.63, 3.8) is 0 Å². The summed E-state index contributed by atoms with van der Waals surface area (Å²) in [6, 6.07) is 5.50. The van der Waals surface area contributed by atoms with Gasteiger partial charge in [0.1, 0.15) is 0 Å². The van der Waals surface area contributed by atoms with Gasteiger partial charge < -0.3 is 22.5 Å². The smallest absolute Gasteiger partial charge is 0.0581 e. The van der Waals surface area contributed by atoms with Crippen LogP contribution in [0, 0.1) is 0 Å². The molecule has 0 aliphatic carbocycles. The molecule has 0 aliphatic rings. The predicted molar refractivity (Wildman–Crippen MR) is 61.6 cm³/mol. The summed E-state index contributed by atoms with van der Waals surface area (Å²) in [5.74, 6) is 0.